The van der Waals surface area contributed by atoms with Gasteiger partial charge in [-0.25, -0.2) is 0 Å². The molecule has 8 aromatic carbocycles. The predicted octanol–water partition coefficient (Wildman–Crippen LogP) is 7.40. The van der Waals surface area contributed by atoms with Crippen LogP contribution in [0.1, 0.15) is 0 Å². The van der Waals surface area contributed by atoms with Crippen molar-refractivity contribution < 1.29 is 0 Å². The van der Waals surface area contributed by atoms with Gasteiger partial charge >= 0.3 is 171 Å². The van der Waals surface area contributed by atoms with Crippen molar-refractivity contribution in [2.24, 2.45) is 0 Å². The summed E-state index contributed by atoms with van der Waals surface area (Å²) in [6.07, 6.45) is 1.92. The van der Waals surface area contributed by atoms with Crippen LogP contribution in [0, 0.1) is 0 Å². The molecule has 0 fully saturated rings. The third kappa shape index (κ3) is 1.28. The van der Waals surface area contributed by atoms with Gasteiger partial charge in [-0.05, 0) is 0 Å². The number of aromatic nitrogens is 1. The Bertz CT molecular complexity index is 1920. The fourth-order valence-electron chi connectivity index (χ4n) is 6.27. The van der Waals surface area contributed by atoms with E-state index in [1.807, 2.05) is 13.2 Å². The van der Waals surface area contributed by atoms with Gasteiger partial charge in [0.15, 0.2) is 0 Å². The third-order valence-electron chi connectivity index (χ3n) is 7.56. The summed E-state index contributed by atoms with van der Waals surface area (Å²) in [5.74, 6) is 0. The van der Waals surface area contributed by atoms with Crippen LogP contribution in [0.4, 0.5) is 0 Å². The number of nitrogens with zero attached hydrogens (tertiary/aromatic N) is 1. The molecule has 0 saturated heterocycles. The second-order valence-corrected chi connectivity index (χ2v) is 8.70. The Balaban J connectivity index is 1.55. The molecule has 0 bridgehead atoms. The summed E-state index contributed by atoms with van der Waals surface area (Å²) >= 11 is 0. The zero-order valence-corrected chi connectivity index (χ0v) is 16.0. The van der Waals surface area contributed by atoms with Gasteiger partial charge in [-0.3, -0.25) is 0 Å². The van der Waals surface area contributed by atoms with E-state index >= 15 is 0 Å². The Morgan fingerprint density at radius 2 is 0.833 bits per heavy atom. The van der Waals surface area contributed by atoms with E-state index in [-0.39, 0.29) is 0 Å². The maximum absolute atomic E-state index is 4.33. The number of benzene rings is 4. The van der Waals surface area contributed by atoms with Crippen LogP contribution >= 0.6 is 0 Å². The molecule has 0 aliphatic carbocycles. The first kappa shape index (κ1) is 14.2. The summed E-state index contributed by atoms with van der Waals surface area (Å²) in [6, 6.07) is 24.8. The number of rotatable bonds is 0. The van der Waals surface area contributed by atoms with Crippen LogP contribution in [0.5, 0.6) is 0 Å². The quantitative estimate of drug-likeness (QED) is 0.270. The van der Waals surface area contributed by atoms with E-state index in [1.165, 1.54) is 86.1 Å². The Kier molecular flexibility index (Phi) is 2.07. The Morgan fingerprint density at radius 3 is 1.50 bits per heavy atom. The van der Waals surface area contributed by atoms with Crippen molar-refractivity contribution in [2.45, 2.75) is 0 Å². The SMILES string of the molecule is b1nccc2c1c1ccc3c4ccc5c6ccc7c8ccccc8c7c6c5c4c3c21. The van der Waals surface area contributed by atoms with Crippen molar-refractivity contribution in [1.82, 2.24) is 4.89 Å². The van der Waals surface area contributed by atoms with E-state index < -0.39 is 0 Å². The minimum absolute atomic E-state index is 1.29. The summed E-state index contributed by atoms with van der Waals surface area (Å²) in [7, 11) is 2.00. The standard InChI is InChI=1S/C28H12BN/c1-2-4-14-13(3-1)15-5-6-16-18-7-8-19-17-9-10-20-23(21-11-12-30-29-28(20)21)25(17)27(19)26(18)24(16)22(14)15/h1-12H. The van der Waals surface area contributed by atoms with Gasteiger partial charge in [0.2, 0.25) is 0 Å². The fourth-order valence-corrected chi connectivity index (χ4v) is 6.27. The first-order chi connectivity index (χ1) is 14.9. The van der Waals surface area contributed by atoms with E-state index in [9.17, 15) is 0 Å². The molecule has 1 aromatic heterocycles. The molecule has 0 radical (unpaired) electrons. The van der Waals surface area contributed by atoms with E-state index in [0.29, 0.717) is 0 Å². The third-order valence-corrected chi connectivity index (χ3v) is 7.56. The molecular formula is C28H12BN. The topological polar surface area (TPSA) is 12.9 Å². The van der Waals surface area contributed by atoms with Crippen molar-refractivity contribution in [3.05, 3.63) is 72.9 Å². The Labute approximate surface area is 171 Å². The molecule has 2 heteroatoms. The van der Waals surface area contributed by atoms with E-state index in [2.05, 4.69) is 71.6 Å². The summed E-state index contributed by atoms with van der Waals surface area (Å²) < 4.78 is 0. The first-order valence-electron chi connectivity index (χ1n) is 10.5. The normalized spacial score (nSPS) is 13.2. The molecule has 0 unspecified atom stereocenters. The zero-order chi connectivity index (χ0) is 19.1. The van der Waals surface area contributed by atoms with Gasteiger partial charge in [0.25, 0.3) is 0 Å². The van der Waals surface area contributed by atoms with Crippen LogP contribution in [0.25, 0.3) is 86.1 Å². The van der Waals surface area contributed by atoms with Crippen LogP contribution < -0.4 is 0 Å². The summed E-state index contributed by atoms with van der Waals surface area (Å²) in [6.45, 7) is 0. The maximum atomic E-state index is 4.33. The van der Waals surface area contributed by atoms with Crippen molar-refractivity contribution in [3.63, 3.8) is 0 Å². The average molecular weight is 373 g/mol. The zero-order valence-electron chi connectivity index (χ0n) is 16.0. The predicted molar refractivity (Wildman–Crippen MR) is 130 cm³/mol. The van der Waals surface area contributed by atoms with Gasteiger partial charge in [-0.15, -0.1) is 0 Å². The molecule has 0 aliphatic heterocycles. The summed E-state index contributed by atoms with van der Waals surface area (Å²) in [5, 5.41) is 22.6. The Morgan fingerprint density at radius 1 is 0.400 bits per heavy atom. The molecule has 1 heterocycles. The molecule has 0 atom stereocenters. The van der Waals surface area contributed by atoms with Gasteiger partial charge in [0.1, 0.15) is 0 Å². The number of hydrogen-bond donors (Lipinski definition) is 0. The molecule has 0 N–H and O–H groups in total. The van der Waals surface area contributed by atoms with E-state index in [0.717, 1.165) is 0 Å². The molecule has 9 aromatic rings. The first-order valence-corrected chi connectivity index (χ1v) is 10.5. The van der Waals surface area contributed by atoms with Gasteiger partial charge in [-0.2, -0.15) is 0 Å². The summed E-state index contributed by atoms with van der Waals surface area (Å²) in [5.41, 5.74) is 0. The van der Waals surface area contributed by atoms with Gasteiger partial charge in [0.05, 0.1) is 0 Å². The molecule has 0 spiro atoms. The molecule has 132 valence electrons. The monoisotopic (exact) mass is 373 g/mol. The van der Waals surface area contributed by atoms with Crippen molar-refractivity contribution in [2.75, 3.05) is 0 Å². The average Bonchev–Trinajstić information content (AvgIpc) is 2.76. The Hall–Kier alpha value is -3.78. The number of hydrogen-bond acceptors (Lipinski definition) is 1. The van der Waals surface area contributed by atoms with E-state index in [1.54, 1.807) is 0 Å². The minimum atomic E-state index is 1.29. The molecule has 0 amide bonds. The second-order valence-electron chi connectivity index (χ2n) is 8.70. The van der Waals surface area contributed by atoms with Crippen LogP contribution in [0.15, 0.2) is 72.9 Å². The molecule has 0 aliphatic rings. The molecule has 30 heavy (non-hydrogen) atoms. The van der Waals surface area contributed by atoms with Gasteiger partial charge in [0, 0.05) is 0 Å². The molecule has 9 rings (SSSR count). The van der Waals surface area contributed by atoms with Crippen molar-refractivity contribution in [3.8, 4) is 0 Å². The summed E-state index contributed by atoms with van der Waals surface area (Å²) in [4.78, 5) is 4.33. The van der Waals surface area contributed by atoms with Crippen LogP contribution in [0.2, 0.25) is 0 Å². The van der Waals surface area contributed by atoms with Crippen LogP contribution in [-0.2, 0) is 0 Å². The van der Waals surface area contributed by atoms with Crippen LogP contribution in [-0.4, -0.2) is 11.9 Å². The second kappa shape index (κ2) is 4.37. The molecular weight excluding hydrogens is 361 g/mol. The van der Waals surface area contributed by atoms with Gasteiger partial charge < -0.3 is 0 Å². The number of fused-ring (bicyclic) bond motifs is 19. The van der Waals surface area contributed by atoms with Crippen molar-refractivity contribution >= 4 is 93.1 Å². The van der Waals surface area contributed by atoms with Crippen LogP contribution in [0.3, 0.4) is 0 Å². The molecule has 0 saturated carbocycles. The van der Waals surface area contributed by atoms with Crippen molar-refractivity contribution in [1.29, 1.82) is 0 Å². The van der Waals surface area contributed by atoms with E-state index in [4.69, 9.17) is 0 Å². The fraction of sp³-hybridized carbons (Fsp3) is 0. The van der Waals surface area contributed by atoms with Gasteiger partial charge in [-0.1, -0.05) is 0 Å². The molecule has 1 nitrogen and oxygen atoms in total.